The minimum atomic E-state index is -1.25. The molecule has 1 rings (SSSR count). The normalized spacial score (nSPS) is 10.6. The maximum atomic E-state index is 13.2. The van der Waals surface area contributed by atoms with Gasteiger partial charge in [0.05, 0.1) is 18.8 Å². The molecule has 0 fully saturated rings. The summed E-state index contributed by atoms with van der Waals surface area (Å²) in [5.74, 6) is -1.17. The average molecular weight is 288 g/mol. The van der Waals surface area contributed by atoms with E-state index >= 15 is 0 Å². The molecule has 0 aromatic heterocycles. The van der Waals surface area contributed by atoms with E-state index in [2.05, 4.69) is 0 Å². The Labute approximate surface area is 115 Å². The van der Waals surface area contributed by atoms with E-state index in [1.165, 1.54) is 23.9 Å². The Morgan fingerprint density at radius 2 is 2.16 bits per heavy atom. The van der Waals surface area contributed by atoms with Crippen LogP contribution in [0.25, 0.3) is 0 Å². The number of hydrogen-bond donors (Lipinski definition) is 1. The number of carboxylic acid groups (broad SMARTS) is 1. The molecule has 4 nitrogen and oxygen atoms in total. The number of aromatic carboxylic acids is 1. The summed E-state index contributed by atoms with van der Waals surface area (Å²) >= 11 is 1.48. The third-order valence-electron chi connectivity index (χ3n) is 2.30. The third-order valence-corrected chi connectivity index (χ3v) is 3.38. The highest BCUT2D eigenvalue weighted by Gasteiger charge is 2.10. The molecule has 0 radical (unpaired) electrons. The lowest BCUT2D eigenvalue weighted by molar-refractivity contribution is 0.0691. The van der Waals surface area contributed by atoms with Crippen LogP contribution in [-0.2, 0) is 9.47 Å². The van der Waals surface area contributed by atoms with E-state index in [1.807, 2.05) is 0 Å². The molecule has 0 saturated heterocycles. The number of hydrogen-bond acceptors (Lipinski definition) is 4. The van der Waals surface area contributed by atoms with E-state index in [9.17, 15) is 9.18 Å². The van der Waals surface area contributed by atoms with Crippen molar-refractivity contribution in [3.8, 4) is 0 Å². The molecule has 1 N–H and O–H groups in total. The second-order valence-corrected chi connectivity index (χ2v) is 4.92. The highest BCUT2D eigenvalue weighted by molar-refractivity contribution is 7.99. The van der Waals surface area contributed by atoms with Crippen LogP contribution in [0.1, 0.15) is 16.8 Å². The number of benzene rings is 1. The fourth-order valence-electron chi connectivity index (χ4n) is 1.35. The molecule has 19 heavy (non-hydrogen) atoms. The fraction of sp³-hybridized carbons (Fsp3) is 0.462. The van der Waals surface area contributed by atoms with E-state index in [1.54, 1.807) is 13.2 Å². The third kappa shape index (κ3) is 6.04. The van der Waals surface area contributed by atoms with Crippen molar-refractivity contribution in [2.24, 2.45) is 0 Å². The molecule has 1 aromatic rings. The van der Waals surface area contributed by atoms with Crippen LogP contribution in [0.4, 0.5) is 4.39 Å². The summed E-state index contributed by atoms with van der Waals surface area (Å²) in [6, 6.07) is 4.12. The summed E-state index contributed by atoms with van der Waals surface area (Å²) in [5.41, 5.74) is -0.290. The number of rotatable bonds is 9. The first kappa shape index (κ1) is 15.9. The van der Waals surface area contributed by atoms with Crippen LogP contribution in [0.5, 0.6) is 0 Å². The van der Waals surface area contributed by atoms with Gasteiger partial charge in [-0.3, -0.25) is 0 Å². The van der Waals surface area contributed by atoms with Gasteiger partial charge in [0.1, 0.15) is 5.82 Å². The van der Waals surface area contributed by atoms with Crippen molar-refractivity contribution >= 4 is 17.7 Å². The first-order valence-corrected chi connectivity index (χ1v) is 6.86. The molecule has 0 aliphatic rings. The largest absolute Gasteiger partial charge is 0.478 e. The number of methoxy groups -OCH3 is 1. The van der Waals surface area contributed by atoms with Gasteiger partial charge in [-0.25, -0.2) is 9.18 Å². The summed E-state index contributed by atoms with van der Waals surface area (Å²) < 4.78 is 23.3. The highest BCUT2D eigenvalue weighted by atomic mass is 32.2. The smallest absolute Gasteiger partial charge is 0.338 e. The minimum absolute atomic E-state index is 0.290. The van der Waals surface area contributed by atoms with E-state index in [-0.39, 0.29) is 5.56 Å². The quantitative estimate of drug-likeness (QED) is 0.559. The van der Waals surface area contributed by atoms with Gasteiger partial charge in [-0.15, -0.1) is 11.8 Å². The Bertz CT molecular complexity index is 412. The Balaban J connectivity index is 2.30. The summed E-state index contributed by atoms with van der Waals surface area (Å²) in [5, 5.41) is 8.80. The van der Waals surface area contributed by atoms with Gasteiger partial charge in [-0.05, 0) is 24.6 Å². The lowest BCUT2D eigenvalue weighted by Crippen LogP contribution is -2.03. The molecule has 0 aliphatic heterocycles. The van der Waals surface area contributed by atoms with Crippen LogP contribution in [0.2, 0.25) is 0 Å². The molecular formula is C13H17FO4S. The summed E-state index contributed by atoms with van der Waals surface area (Å²) in [6.07, 6.45) is 0.841. The zero-order valence-electron chi connectivity index (χ0n) is 10.7. The van der Waals surface area contributed by atoms with Crippen molar-refractivity contribution < 1.29 is 23.8 Å². The van der Waals surface area contributed by atoms with Gasteiger partial charge >= 0.3 is 5.97 Å². The Hall–Kier alpha value is -1.11. The Morgan fingerprint density at radius 1 is 1.37 bits per heavy atom. The molecule has 106 valence electrons. The molecule has 0 spiro atoms. The van der Waals surface area contributed by atoms with Crippen LogP contribution in [0.3, 0.4) is 0 Å². The highest BCUT2D eigenvalue weighted by Crippen LogP contribution is 2.21. The maximum absolute atomic E-state index is 13.2. The van der Waals surface area contributed by atoms with Crippen LogP contribution >= 0.6 is 11.8 Å². The van der Waals surface area contributed by atoms with Gasteiger partial charge in [0.15, 0.2) is 0 Å². The van der Waals surface area contributed by atoms with E-state index in [0.29, 0.717) is 19.8 Å². The van der Waals surface area contributed by atoms with Crippen molar-refractivity contribution in [3.63, 3.8) is 0 Å². The van der Waals surface area contributed by atoms with Gasteiger partial charge in [0.2, 0.25) is 0 Å². The van der Waals surface area contributed by atoms with E-state index in [0.717, 1.165) is 17.1 Å². The number of carboxylic acids is 1. The predicted molar refractivity (Wildman–Crippen MR) is 71.4 cm³/mol. The fourth-order valence-corrected chi connectivity index (χ4v) is 2.22. The first-order chi connectivity index (χ1) is 9.15. The van der Waals surface area contributed by atoms with E-state index in [4.69, 9.17) is 14.6 Å². The molecule has 0 aliphatic carbocycles. The average Bonchev–Trinajstić information content (AvgIpc) is 2.39. The number of thioether (sulfide) groups is 1. The molecule has 0 amide bonds. The van der Waals surface area contributed by atoms with Gasteiger partial charge in [-0.1, -0.05) is 0 Å². The van der Waals surface area contributed by atoms with Crippen LogP contribution in [0, 0.1) is 5.82 Å². The number of ether oxygens (including phenoxy) is 2. The van der Waals surface area contributed by atoms with Crippen molar-refractivity contribution in [1.82, 2.24) is 0 Å². The minimum Gasteiger partial charge on any atom is -0.478 e. The molecule has 0 saturated carbocycles. The first-order valence-electron chi connectivity index (χ1n) is 5.87. The van der Waals surface area contributed by atoms with Crippen LogP contribution in [0.15, 0.2) is 23.1 Å². The monoisotopic (exact) mass is 288 g/mol. The standard InChI is InChI=1S/C13H17FO4S/c1-17-6-7-18-5-2-8-19-10-3-4-12(14)11(9-10)13(15)16/h3-4,9H,2,5-8H2,1H3,(H,15,16). The van der Waals surface area contributed by atoms with Gasteiger partial charge in [0, 0.05) is 24.4 Å². The SMILES string of the molecule is COCCOCCCSc1ccc(F)c(C(=O)O)c1. The van der Waals surface area contributed by atoms with Gasteiger partial charge in [0.25, 0.3) is 0 Å². The lowest BCUT2D eigenvalue weighted by Gasteiger charge is -2.05. The molecular weight excluding hydrogens is 271 g/mol. The van der Waals surface area contributed by atoms with Gasteiger partial charge < -0.3 is 14.6 Å². The second-order valence-electron chi connectivity index (χ2n) is 3.75. The topological polar surface area (TPSA) is 55.8 Å². The molecule has 0 unspecified atom stereocenters. The summed E-state index contributed by atoms with van der Waals surface area (Å²) in [7, 11) is 1.62. The molecule has 0 bridgehead atoms. The zero-order chi connectivity index (χ0) is 14.1. The Kier molecular flexibility index (Phi) is 7.47. The van der Waals surface area contributed by atoms with Crippen molar-refractivity contribution in [1.29, 1.82) is 0 Å². The summed E-state index contributed by atoms with van der Waals surface area (Å²) in [4.78, 5) is 11.5. The van der Waals surface area contributed by atoms with E-state index < -0.39 is 11.8 Å². The van der Waals surface area contributed by atoms with Crippen LogP contribution < -0.4 is 0 Å². The van der Waals surface area contributed by atoms with Crippen molar-refractivity contribution in [2.75, 3.05) is 32.7 Å². The maximum Gasteiger partial charge on any atom is 0.338 e. The lowest BCUT2D eigenvalue weighted by atomic mass is 10.2. The second kappa shape index (κ2) is 8.90. The van der Waals surface area contributed by atoms with Crippen molar-refractivity contribution in [3.05, 3.63) is 29.6 Å². The molecule has 0 heterocycles. The number of carbonyl (C=O) groups is 1. The van der Waals surface area contributed by atoms with Gasteiger partial charge in [-0.2, -0.15) is 0 Å². The number of halogens is 1. The zero-order valence-corrected chi connectivity index (χ0v) is 11.5. The van der Waals surface area contributed by atoms with Crippen molar-refractivity contribution in [2.45, 2.75) is 11.3 Å². The van der Waals surface area contributed by atoms with Crippen LogP contribution in [-0.4, -0.2) is 43.8 Å². The predicted octanol–water partition coefficient (Wildman–Crippen LogP) is 2.67. The Morgan fingerprint density at radius 3 is 2.84 bits per heavy atom. The molecule has 0 atom stereocenters. The molecule has 6 heteroatoms. The summed E-state index contributed by atoms with van der Waals surface area (Å²) in [6.45, 7) is 1.78. The molecule has 1 aromatic carbocycles.